The summed E-state index contributed by atoms with van der Waals surface area (Å²) in [5.41, 5.74) is 5.78. The Balaban J connectivity index is 2.13. The SMILES string of the molecule is CC(O)C1CCN(C(=O)c2ccc(N)cc2F)C1. The number of nitrogens with zero attached hydrogens (tertiary/aromatic N) is 1. The number of benzene rings is 1. The summed E-state index contributed by atoms with van der Waals surface area (Å²) >= 11 is 0. The quantitative estimate of drug-likeness (QED) is 0.778. The first kappa shape index (κ1) is 12.8. The van der Waals surface area contributed by atoms with E-state index in [9.17, 15) is 14.3 Å². The predicted octanol–water partition coefficient (Wildman–Crippen LogP) is 1.25. The molecule has 0 radical (unpaired) electrons. The Hall–Kier alpha value is -1.62. The molecular weight excluding hydrogens is 235 g/mol. The zero-order valence-electron chi connectivity index (χ0n) is 10.3. The van der Waals surface area contributed by atoms with Gasteiger partial charge in [-0.3, -0.25) is 4.79 Å². The molecule has 1 heterocycles. The summed E-state index contributed by atoms with van der Waals surface area (Å²) < 4.78 is 13.6. The maximum absolute atomic E-state index is 13.6. The Kier molecular flexibility index (Phi) is 3.52. The highest BCUT2D eigenvalue weighted by atomic mass is 19.1. The third-order valence-electron chi connectivity index (χ3n) is 3.42. The Morgan fingerprint density at radius 2 is 2.33 bits per heavy atom. The molecule has 18 heavy (non-hydrogen) atoms. The van der Waals surface area contributed by atoms with Gasteiger partial charge in [-0.15, -0.1) is 0 Å². The minimum Gasteiger partial charge on any atom is -0.399 e. The third kappa shape index (κ3) is 2.46. The van der Waals surface area contributed by atoms with E-state index < -0.39 is 11.9 Å². The number of amides is 1. The van der Waals surface area contributed by atoms with Crippen molar-refractivity contribution < 1.29 is 14.3 Å². The fourth-order valence-corrected chi connectivity index (χ4v) is 2.24. The topological polar surface area (TPSA) is 66.6 Å². The van der Waals surface area contributed by atoms with Crippen LogP contribution in [0.1, 0.15) is 23.7 Å². The standard InChI is InChI=1S/C13H17FN2O2/c1-8(17)9-4-5-16(7-9)13(18)11-3-2-10(15)6-12(11)14/h2-3,6,8-9,17H,4-5,7,15H2,1H3. The zero-order chi connectivity index (χ0) is 13.3. The van der Waals surface area contributed by atoms with Crippen LogP contribution in [0, 0.1) is 11.7 Å². The smallest absolute Gasteiger partial charge is 0.256 e. The molecule has 0 aromatic heterocycles. The first-order valence-corrected chi connectivity index (χ1v) is 6.01. The van der Waals surface area contributed by atoms with Gasteiger partial charge in [-0.05, 0) is 31.5 Å². The molecule has 0 bridgehead atoms. The lowest BCUT2D eigenvalue weighted by Crippen LogP contribution is -2.31. The van der Waals surface area contributed by atoms with E-state index in [0.717, 1.165) is 12.5 Å². The van der Waals surface area contributed by atoms with Gasteiger partial charge in [0.05, 0.1) is 11.7 Å². The van der Waals surface area contributed by atoms with Crippen LogP contribution < -0.4 is 5.73 Å². The Bertz CT molecular complexity index is 462. The molecule has 5 heteroatoms. The lowest BCUT2D eigenvalue weighted by atomic mass is 10.0. The van der Waals surface area contributed by atoms with E-state index in [4.69, 9.17) is 5.73 Å². The Morgan fingerprint density at radius 1 is 1.61 bits per heavy atom. The number of carbonyl (C=O) groups excluding carboxylic acids is 1. The summed E-state index contributed by atoms with van der Waals surface area (Å²) in [7, 11) is 0. The molecule has 1 amide bonds. The molecule has 1 aromatic carbocycles. The average molecular weight is 252 g/mol. The maximum atomic E-state index is 13.6. The second kappa shape index (κ2) is 4.94. The van der Waals surface area contributed by atoms with Crippen molar-refractivity contribution in [3.8, 4) is 0 Å². The number of rotatable bonds is 2. The molecule has 1 aromatic rings. The van der Waals surface area contributed by atoms with Gasteiger partial charge in [0.1, 0.15) is 5.82 Å². The first-order chi connectivity index (χ1) is 8.49. The number of anilines is 1. The van der Waals surface area contributed by atoms with Crippen LogP contribution in [-0.2, 0) is 0 Å². The molecule has 1 fully saturated rings. The lowest BCUT2D eigenvalue weighted by molar-refractivity contribution is 0.0758. The third-order valence-corrected chi connectivity index (χ3v) is 3.42. The first-order valence-electron chi connectivity index (χ1n) is 6.01. The highest BCUT2D eigenvalue weighted by molar-refractivity contribution is 5.95. The second-order valence-corrected chi connectivity index (χ2v) is 4.78. The molecule has 4 nitrogen and oxygen atoms in total. The summed E-state index contributed by atoms with van der Waals surface area (Å²) in [5, 5.41) is 9.48. The van der Waals surface area contributed by atoms with E-state index >= 15 is 0 Å². The van der Waals surface area contributed by atoms with Crippen LogP contribution in [-0.4, -0.2) is 35.1 Å². The van der Waals surface area contributed by atoms with Gasteiger partial charge in [0.25, 0.3) is 5.91 Å². The van der Waals surface area contributed by atoms with Gasteiger partial charge in [0.2, 0.25) is 0 Å². The van der Waals surface area contributed by atoms with Crippen molar-refractivity contribution in [1.29, 1.82) is 0 Å². The van der Waals surface area contributed by atoms with Gasteiger partial charge in [0, 0.05) is 24.7 Å². The molecule has 1 aliphatic rings. The van der Waals surface area contributed by atoms with E-state index in [1.807, 2.05) is 0 Å². The summed E-state index contributed by atoms with van der Waals surface area (Å²) in [6.45, 7) is 2.74. The summed E-state index contributed by atoms with van der Waals surface area (Å²) in [6.07, 6.45) is 0.305. The molecule has 1 saturated heterocycles. The van der Waals surface area contributed by atoms with Crippen molar-refractivity contribution in [3.63, 3.8) is 0 Å². The number of nitrogen functional groups attached to an aromatic ring is 1. The lowest BCUT2D eigenvalue weighted by Gasteiger charge is -2.18. The van der Waals surface area contributed by atoms with Gasteiger partial charge >= 0.3 is 0 Å². The largest absolute Gasteiger partial charge is 0.399 e. The summed E-state index contributed by atoms with van der Waals surface area (Å²) in [6, 6.07) is 4.07. The molecule has 1 aliphatic heterocycles. The molecule has 2 rings (SSSR count). The van der Waals surface area contributed by atoms with Crippen molar-refractivity contribution >= 4 is 11.6 Å². The van der Waals surface area contributed by atoms with Gasteiger partial charge in [-0.1, -0.05) is 0 Å². The van der Waals surface area contributed by atoms with Crippen LogP contribution in [0.5, 0.6) is 0 Å². The molecule has 2 atom stereocenters. The number of aliphatic hydroxyl groups is 1. The van der Waals surface area contributed by atoms with Gasteiger partial charge in [-0.25, -0.2) is 4.39 Å². The van der Waals surface area contributed by atoms with Crippen molar-refractivity contribution in [1.82, 2.24) is 4.90 Å². The number of nitrogens with two attached hydrogens (primary N) is 1. The predicted molar refractivity (Wildman–Crippen MR) is 66.5 cm³/mol. The fraction of sp³-hybridized carbons (Fsp3) is 0.462. The van der Waals surface area contributed by atoms with Crippen LogP contribution in [0.2, 0.25) is 0 Å². The number of halogens is 1. The number of likely N-dealkylation sites (tertiary alicyclic amines) is 1. The number of hydrogen-bond acceptors (Lipinski definition) is 3. The number of aliphatic hydroxyl groups excluding tert-OH is 1. The van der Waals surface area contributed by atoms with Crippen LogP contribution >= 0.6 is 0 Å². The van der Waals surface area contributed by atoms with Crippen molar-refractivity contribution in [2.45, 2.75) is 19.4 Å². The van der Waals surface area contributed by atoms with E-state index in [1.165, 1.54) is 12.1 Å². The van der Waals surface area contributed by atoms with E-state index in [1.54, 1.807) is 11.8 Å². The van der Waals surface area contributed by atoms with Crippen LogP contribution in [0.3, 0.4) is 0 Å². The van der Waals surface area contributed by atoms with Crippen molar-refractivity contribution in [2.75, 3.05) is 18.8 Å². The van der Waals surface area contributed by atoms with Crippen molar-refractivity contribution in [2.24, 2.45) is 5.92 Å². The molecular formula is C13H17FN2O2. The van der Waals surface area contributed by atoms with Gasteiger partial charge < -0.3 is 15.7 Å². The molecule has 98 valence electrons. The molecule has 0 aliphatic carbocycles. The van der Waals surface area contributed by atoms with Crippen LogP contribution in [0.15, 0.2) is 18.2 Å². The molecule has 3 N–H and O–H groups in total. The fourth-order valence-electron chi connectivity index (χ4n) is 2.24. The van der Waals surface area contributed by atoms with E-state index in [2.05, 4.69) is 0 Å². The van der Waals surface area contributed by atoms with E-state index in [-0.39, 0.29) is 17.4 Å². The van der Waals surface area contributed by atoms with Crippen molar-refractivity contribution in [3.05, 3.63) is 29.6 Å². The van der Waals surface area contributed by atoms with Crippen LogP contribution in [0.4, 0.5) is 10.1 Å². The number of carbonyl (C=O) groups is 1. The molecule has 0 spiro atoms. The molecule has 2 unspecified atom stereocenters. The normalized spacial score (nSPS) is 21.1. The second-order valence-electron chi connectivity index (χ2n) is 4.78. The maximum Gasteiger partial charge on any atom is 0.256 e. The zero-order valence-corrected chi connectivity index (χ0v) is 10.3. The van der Waals surface area contributed by atoms with Crippen LogP contribution in [0.25, 0.3) is 0 Å². The monoisotopic (exact) mass is 252 g/mol. The van der Waals surface area contributed by atoms with E-state index in [0.29, 0.717) is 18.8 Å². The average Bonchev–Trinajstić information content (AvgIpc) is 2.77. The summed E-state index contributed by atoms with van der Waals surface area (Å²) in [5.74, 6) is -0.859. The highest BCUT2D eigenvalue weighted by Gasteiger charge is 2.30. The van der Waals surface area contributed by atoms with Gasteiger partial charge in [-0.2, -0.15) is 0 Å². The number of hydrogen-bond donors (Lipinski definition) is 2. The Morgan fingerprint density at radius 3 is 2.89 bits per heavy atom. The minimum atomic E-state index is -0.597. The highest BCUT2D eigenvalue weighted by Crippen LogP contribution is 2.23. The molecule has 0 saturated carbocycles. The Labute approximate surface area is 105 Å². The summed E-state index contributed by atoms with van der Waals surface area (Å²) in [4.78, 5) is 13.7. The minimum absolute atomic E-state index is 0.0374. The van der Waals surface area contributed by atoms with Gasteiger partial charge in [0.15, 0.2) is 0 Å².